The summed E-state index contributed by atoms with van der Waals surface area (Å²) in [6, 6.07) is 0.0818. The van der Waals surface area contributed by atoms with Crippen molar-refractivity contribution < 1.29 is 5.11 Å². The maximum Gasteiger partial charge on any atom is 0.283 e. The largest absolute Gasteiger partial charge is 0.373 e. The van der Waals surface area contributed by atoms with Crippen LogP contribution in [0.3, 0.4) is 0 Å². The summed E-state index contributed by atoms with van der Waals surface area (Å²) < 4.78 is 1.25. The molecule has 0 aromatic carbocycles. The Morgan fingerprint density at radius 2 is 2.44 bits per heavy atom. The van der Waals surface area contributed by atoms with Gasteiger partial charge in [-0.1, -0.05) is 0 Å². The van der Waals surface area contributed by atoms with Gasteiger partial charge in [-0.15, -0.1) is 0 Å². The number of H-pyrrole nitrogens is 1. The summed E-state index contributed by atoms with van der Waals surface area (Å²) in [6.45, 7) is 1.92. The first kappa shape index (κ1) is 9.34. The second-order valence-corrected chi connectivity index (χ2v) is 3.97. The molecule has 84 valence electrons. The fourth-order valence-corrected chi connectivity index (χ4v) is 1.98. The number of imidazole rings is 1. The molecule has 1 aliphatic heterocycles. The van der Waals surface area contributed by atoms with Crippen LogP contribution in [0, 0.1) is 0 Å². The molecule has 0 bridgehead atoms. The maximum atomic E-state index is 12.0. The van der Waals surface area contributed by atoms with Crippen molar-refractivity contribution in [3.63, 3.8) is 0 Å². The van der Waals surface area contributed by atoms with E-state index in [0.717, 1.165) is 0 Å². The van der Waals surface area contributed by atoms with Gasteiger partial charge in [0.2, 0.25) is 5.95 Å². The second kappa shape index (κ2) is 3.05. The number of nitrogens with zero attached hydrogens (tertiary/aromatic N) is 3. The Bertz CT molecular complexity index is 601. The van der Waals surface area contributed by atoms with Gasteiger partial charge in [0.25, 0.3) is 5.56 Å². The number of aromatic nitrogens is 4. The van der Waals surface area contributed by atoms with E-state index >= 15 is 0 Å². The molecule has 0 aliphatic carbocycles. The number of hydrogen-bond donors (Lipinski definition) is 3. The lowest BCUT2D eigenvalue weighted by Gasteiger charge is -2.28. The summed E-state index contributed by atoms with van der Waals surface area (Å²) in [4.78, 5) is 22.8. The molecular weight excluding hydrogens is 210 g/mol. The zero-order valence-corrected chi connectivity index (χ0v) is 8.64. The molecule has 0 fully saturated rings. The van der Waals surface area contributed by atoms with Crippen LogP contribution in [0.15, 0.2) is 11.1 Å². The van der Waals surface area contributed by atoms with E-state index in [1.54, 1.807) is 0 Å². The summed E-state index contributed by atoms with van der Waals surface area (Å²) in [7, 11) is 0. The Hall–Kier alpha value is -1.89. The van der Waals surface area contributed by atoms with E-state index in [4.69, 9.17) is 0 Å². The van der Waals surface area contributed by atoms with Crippen LogP contribution >= 0.6 is 0 Å². The molecule has 2 aromatic rings. The van der Waals surface area contributed by atoms with Gasteiger partial charge in [-0.2, -0.15) is 4.98 Å². The van der Waals surface area contributed by atoms with E-state index in [9.17, 15) is 9.90 Å². The fourth-order valence-electron chi connectivity index (χ4n) is 1.98. The molecule has 2 aromatic heterocycles. The van der Waals surface area contributed by atoms with Crippen LogP contribution in [0.1, 0.15) is 19.6 Å². The lowest BCUT2D eigenvalue weighted by Crippen LogP contribution is -2.37. The first-order valence-electron chi connectivity index (χ1n) is 5.07. The highest BCUT2D eigenvalue weighted by Crippen LogP contribution is 2.22. The van der Waals surface area contributed by atoms with E-state index in [-0.39, 0.29) is 11.6 Å². The number of hydrogen-bond acceptors (Lipinski definition) is 5. The number of aromatic amines is 1. The maximum absolute atomic E-state index is 12.0. The quantitative estimate of drug-likeness (QED) is 0.573. The van der Waals surface area contributed by atoms with Crippen LogP contribution in [-0.2, 0) is 0 Å². The molecule has 3 heterocycles. The minimum absolute atomic E-state index is 0.0818. The summed E-state index contributed by atoms with van der Waals surface area (Å²) >= 11 is 0. The van der Waals surface area contributed by atoms with Crippen LogP contribution in [0.2, 0.25) is 0 Å². The van der Waals surface area contributed by atoms with Crippen molar-refractivity contribution in [3.8, 4) is 0 Å². The summed E-state index contributed by atoms with van der Waals surface area (Å²) in [5, 5.41) is 12.9. The minimum atomic E-state index is -0.834. The molecule has 7 nitrogen and oxygen atoms in total. The van der Waals surface area contributed by atoms with Crippen molar-refractivity contribution in [2.75, 3.05) is 5.32 Å². The number of rotatable bonds is 0. The molecule has 7 heteroatoms. The van der Waals surface area contributed by atoms with Gasteiger partial charge in [-0.05, 0) is 6.92 Å². The Morgan fingerprint density at radius 3 is 3.25 bits per heavy atom. The molecule has 1 aliphatic rings. The van der Waals surface area contributed by atoms with Crippen molar-refractivity contribution in [2.24, 2.45) is 0 Å². The second-order valence-electron chi connectivity index (χ2n) is 3.97. The predicted octanol–water partition coefficient (Wildman–Crippen LogP) is -0.185. The standard InChI is InChI=1S/C9H11N5O2/c1-4-2-5(15)14-8(16)6-7(11-3-10-6)13-9(14)12-4/h3-5,15H,2H2,1H3,(H,10,11)(H,12,13)/t4-,5-/m0/s1. The molecule has 0 radical (unpaired) electrons. The van der Waals surface area contributed by atoms with E-state index in [0.29, 0.717) is 23.5 Å². The summed E-state index contributed by atoms with van der Waals surface area (Å²) in [6.07, 6.45) is 1.06. The highest BCUT2D eigenvalue weighted by atomic mass is 16.3. The Kier molecular flexibility index (Phi) is 1.78. The predicted molar refractivity (Wildman–Crippen MR) is 57.1 cm³/mol. The monoisotopic (exact) mass is 221 g/mol. The summed E-state index contributed by atoms with van der Waals surface area (Å²) in [5.74, 6) is 0.371. The smallest absolute Gasteiger partial charge is 0.283 e. The Morgan fingerprint density at radius 1 is 1.62 bits per heavy atom. The number of aliphatic hydroxyl groups excluding tert-OH is 1. The molecular formula is C9H11N5O2. The fraction of sp³-hybridized carbons (Fsp3) is 0.444. The van der Waals surface area contributed by atoms with E-state index in [1.165, 1.54) is 10.9 Å². The van der Waals surface area contributed by atoms with Gasteiger partial charge in [0.1, 0.15) is 6.23 Å². The SMILES string of the molecule is C[C@H]1C[C@H](O)n2c(nc3nc[nH]c3c2=O)N1. The molecule has 0 saturated heterocycles. The van der Waals surface area contributed by atoms with Gasteiger partial charge in [0, 0.05) is 12.5 Å². The highest BCUT2D eigenvalue weighted by Gasteiger charge is 2.25. The van der Waals surface area contributed by atoms with Crippen molar-refractivity contribution >= 4 is 17.1 Å². The number of anilines is 1. The van der Waals surface area contributed by atoms with Crippen molar-refractivity contribution in [1.29, 1.82) is 0 Å². The van der Waals surface area contributed by atoms with Crippen LogP contribution in [0.4, 0.5) is 5.95 Å². The van der Waals surface area contributed by atoms with Crippen LogP contribution in [0.25, 0.3) is 11.2 Å². The van der Waals surface area contributed by atoms with Crippen LogP contribution in [-0.4, -0.2) is 30.7 Å². The zero-order valence-electron chi connectivity index (χ0n) is 8.64. The Balaban J connectivity index is 2.35. The van der Waals surface area contributed by atoms with Crippen molar-refractivity contribution in [3.05, 3.63) is 16.7 Å². The van der Waals surface area contributed by atoms with Crippen molar-refractivity contribution in [1.82, 2.24) is 19.5 Å². The van der Waals surface area contributed by atoms with Gasteiger partial charge < -0.3 is 15.4 Å². The Labute approximate surface area is 90.2 Å². The normalized spacial score (nSPS) is 24.1. The van der Waals surface area contributed by atoms with Gasteiger partial charge in [-0.25, -0.2) is 9.55 Å². The van der Waals surface area contributed by atoms with Crippen LogP contribution < -0.4 is 10.9 Å². The molecule has 0 unspecified atom stereocenters. The van der Waals surface area contributed by atoms with E-state index in [1.807, 2.05) is 6.92 Å². The molecule has 2 atom stereocenters. The summed E-state index contributed by atoms with van der Waals surface area (Å²) in [5.41, 5.74) is 0.383. The molecule has 3 rings (SSSR count). The number of aliphatic hydroxyl groups is 1. The lowest BCUT2D eigenvalue weighted by molar-refractivity contribution is 0.0805. The van der Waals surface area contributed by atoms with Crippen LogP contribution in [0.5, 0.6) is 0 Å². The number of nitrogens with one attached hydrogen (secondary N) is 2. The highest BCUT2D eigenvalue weighted by molar-refractivity contribution is 5.70. The molecule has 0 amide bonds. The lowest BCUT2D eigenvalue weighted by atomic mass is 10.2. The van der Waals surface area contributed by atoms with Gasteiger partial charge in [0.15, 0.2) is 11.2 Å². The zero-order chi connectivity index (χ0) is 11.3. The third-order valence-electron chi connectivity index (χ3n) is 2.73. The third-order valence-corrected chi connectivity index (χ3v) is 2.73. The number of fused-ring (bicyclic) bond motifs is 2. The third kappa shape index (κ3) is 1.15. The first-order valence-corrected chi connectivity index (χ1v) is 5.07. The first-order chi connectivity index (χ1) is 7.66. The topological polar surface area (TPSA) is 95.8 Å². The van der Waals surface area contributed by atoms with Gasteiger partial charge in [0.05, 0.1) is 6.33 Å². The molecule has 16 heavy (non-hydrogen) atoms. The van der Waals surface area contributed by atoms with Gasteiger partial charge >= 0.3 is 0 Å². The van der Waals surface area contributed by atoms with E-state index < -0.39 is 6.23 Å². The molecule has 0 saturated carbocycles. The van der Waals surface area contributed by atoms with Gasteiger partial charge in [-0.3, -0.25) is 4.79 Å². The van der Waals surface area contributed by atoms with E-state index in [2.05, 4.69) is 20.3 Å². The average Bonchev–Trinajstić information content (AvgIpc) is 2.64. The minimum Gasteiger partial charge on any atom is -0.373 e. The average molecular weight is 221 g/mol. The molecule has 0 spiro atoms. The van der Waals surface area contributed by atoms with Crippen molar-refractivity contribution in [2.45, 2.75) is 25.6 Å². The molecule has 3 N–H and O–H groups in total.